The zero-order chi connectivity index (χ0) is 9.68. The number of H-pyrrole nitrogens is 1. The van der Waals surface area contributed by atoms with E-state index in [1.165, 1.54) is 12.3 Å². The highest BCUT2D eigenvalue weighted by atomic mass is 16.5. The Labute approximate surface area is 75.9 Å². The largest absolute Gasteiger partial charge is 0.461 e. The average Bonchev–Trinajstić information content (AvgIpc) is 2.62. The highest BCUT2D eigenvalue weighted by Crippen LogP contribution is 2.02. The van der Waals surface area contributed by atoms with Gasteiger partial charge >= 0.3 is 5.97 Å². The molecule has 0 aliphatic rings. The molecule has 0 aliphatic heterocycles. The van der Waals surface area contributed by atoms with E-state index in [-0.39, 0.29) is 0 Å². The van der Waals surface area contributed by atoms with Gasteiger partial charge in [-0.3, -0.25) is 4.79 Å². The van der Waals surface area contributed by atoms with Crippen LogP contribution in [0.5, 0.6) is 0 Å². The first-order valence-corrected chi connectivity index (χ1v) is 4.08. The second kappa shape index (κ2) is 4.45. The van der Waals surface area contributed by atoms with Crippen molar-refractivity contribution >= 4 is 12.3 Å². The lowest BCUT2D eigenvalue weighted by molar-refractivity contribution is 0.0499. The van der Waals surface area contributed by atoms with Gasteiger partial charge in [-0.05, 0) is 12.5 Å². The molecule has 0 saturated carbocycles. The Kier molecular flexibility index (Phi) is 3.25. The van der Waals surface area contributed by atoms with E-state index in [0.717, 1.165) is 6.42 Å². The fourth-order valence-corrected chi connectivity index (χ4v) is 0.869. The predicted octanol–water partition coefficient (Wildman–Crippen LogP) is 1.39. The number of hydrogen-bond acceptors (Lipinski definition) is 3. The molecule has 0 bridgehead atoms. The molecule has 1 rings (SSSR count). The Morgan fingerprint density at radius 1 is 1.69 bits per heavy atom. The van der Waals surface area contributed by atoms with Gasteiger partial charge in [0.1, 0.15) is 5.69 Å². The molecule has 0 aliphatic carbocycles. The number of rotatable bonds is 4. The lowest BCUT2D eigenvalue weighted by Gasteiger charge is -1.99. The van der Waals surface area contributed by atoms with Crippen LogP contribution in [0.3, 0.4) is 0 Å². The summed E-state index contributed by atoms with van der Waals surface area (Å²) >= 11 is 0. The second-order valence-corrected chi connectivity index (χ2v) is 2.60. The third-order valence-corrected chi connectivity index (χ3v) is 1.50. The quantitative estimate of drug-likeness (QED) is 0.564. The number of carbonyl (C=O) groups excluding carboxylic acids is 2. The van der Waals surface area contributed by atoms with E-state index in [4.69, 9.17) is 4.74 Å². The van der Waals surface area contributed by atoms with Gasteiger partial charge in [-0.15, -0.1) is 0 Å². The molecule has 0 saturated heterocycles. The van der Waals surface area contributed by atoms with Crippen molar-refractivity contribution in [1.82, 2.24) is 4.98 Å². The molecule has 70 valence electrons. The van der Waals surface area contributed by atoms with Crippen molar-refractivity contribution in [2.45, 2.75) is 13.3 Å². The van der Waals surface area contributed by atoms with Crippen LogP contribution >= 0.6 is 0 Å². The van der Waals surface area contributed by atoms with Crippen LogP contribution in [0.15, 0.2) is 12.3 Å². The van der Waals surface area contributed by atoms with Crippen LogP contribution in [-0.4, -0.2) is 23.8 Å². The summed E-state index contributed by atoms with van der Waals surface area (Å²) in [5, 5.41) is 0. The number of aromatic nitrogens is 1. The molecule has 1 N–H and O–H groups in total. The number of nitrogens with one attached hydrogen (secondary N) is 1. The maximum absolute atomic E-state index is 11.2. The van der Waals surface area contributed by atoms with Crippen molar-refractivity contribution in [2.75, 3.05) is 6.61 Å². The van der Waals surface area contributed by atoms with Crippen LogP contribution in [0.1, 0.15) is 34.2 Å². The van der Waals surface area contributed by atoms with Crippen molar-refractivity contribution in [3.63, 3.8) is 0 Å². The number of esters is 1. The monoisotopic (exact) mass is 181 g/mol. The zero-order valence-electron chi connectivity index (χ0n) is 7.37. The molecule has 0 radical (unpaired) electrons. The third-order valence-electron chi connectivity index (χ3n) is 1.50. The average molecular weight is 181 g/mol. The Morgan fingerprint density at radius 2 is 2.46 bits per heavy atom. The van der Waals surface area contributed by atoms with Crippen molar-refractivity contribution in [3.05, 3.63) is 23.5 Å². The zero-order valence-corrected chi connectivity index (χ0v) is 7.37. The first-order valence-electron chi connectivity index (χ1n) is 4.08. The fourth-order valence-electron chi connectivity index (χ4n) is 0.869. The number of hydrogen-bond donors (Lipinski definition) is 1. The molecule has 4 nitrogen and oxygen atoms in total. The summed E-state index contributed by atoms with van der Waals surface area (Å²) in [7, 11) is 0. The highest BCUT2D eigenvalue weighted by molar-refractivity contribution is 5.90. The van der Waals surface area contributed by atoms with Crippen LogP contribution in [0.25, 0.3) is 0 Å². The molecule has 0 spiro atoms. The summed E-state index contributed by atoms with van der Waals surface area (Å²) in [6.07, 6.45) is 2.93. The third kappa shape index (κ3) is 2.43. The maximum atomic E-state index is 11.2. The Hall–Kier alpha value is -1.58. The van der Waals surface area contributed by atoms with E-state index in [2.05, 4.69) is 4.98 Å². The van der Waals surface area contributed by atoms with Gasteiger partial charge in [0.2, 0.25) is 0 Å². The molecule has 0 fully saturated rings. The predicted molar refractivity (Wildman–Crippen MR) is 46.8 cm³/mol. The molecule has 4 heteroatoms. The highest BCUT2D eigenvalue weighted by Gasteiger charge is 2.08. The van der Waals surface area contributed by atoms with E-state index in [1.54, 1.807) is 0 Å². The molecule has 0 aromatic carbocycles. The molecule has 1 aromatic rings. The maximum Gasteiger partial charge on any atom is 0.354 e. The molecule has 1 aromatic heterocycles. The lowest BCUT2D eigenvalue weighted by atomic mass is 10.3. The van der Waals surface area contributed by atoms with Crippen LogP contribution in [0, 0.1) is 0 Å². The molecule has 1 heterocycles. The molecular formula is C9H11NO3. The van der Waals surface area contributed by atoms with Crippen molar-refractivity contribution < 1.29 is 14.3 Å². The Bertz CT molecular complexity index is 304. The van der Waals surface area contributed by atoms with E-state index in [9.17, 15) is 9.59 Å². The first kappa shape index (κ1) is 9.51. The summed E-state index contributed by atoms with van der Waals surface area (Å²) in [4.78, 5) is 24.1. The van der Waals surface area contributed by atoms with Gasteiger partial charge in [0, 0.05) is 11.8 Å². The molecule has 0 unspecified atom stereocenters. The topological polar surface area (TPSA) is 59.2 Å². The van der Waals surface area contributed by atoms with Crippen molar-refractivity contribution in [1.29, 1.82) is 0 Å². The minimum absolute atomic E-state index is 0.315. The SMILES string of the molecule is CCCOC(=O)c1cc(C=O)c[nH]1. The van der Waals surface area contributed by atoms with Gasteiger partial charge in [0.15, 0.2) is 6.29 Å². The summed E-state index contributed by atoms with van der Waals surface area (Å²) < 4.78 is 4.85. The first-order chi connectivity index (χ1) is 6.27. The van der Waals surface area contributed by atoms with Gasteiger partial charge in [-0.1, -0.05) is 6.92 Å². The smallest absolute Gasteiger partial charge is 0.354 e. The lowest BCUT2D eigenvalue weighted by Crippen LogP contribution is -2.05. The van der Waals surface area contributed by atoms with Crippen molar-refractivity contribution in [2.24, 2.45) is 0 Å². The van der Waals surface area contributed by atoms with Crippen LogP contribution < -0.4 is 0 Å². The van der Waals surface area contributed by atoms with E-state index < -0.39 is 5.97 Å². The summed E-state index contributed by atoms with van der Waals surface area (Å²) in [5.41, 5.74) is 0.763. The summed E-state index contributed by atoms with van der Waals surface area (Å²) in [6, 6.07) is 1.46. The number of aldehydes is 1. The fraction of sp³-hybridized carbons (Fsp3) is 0.333. The summed E-state index contributed by atoms with van der Waals surface area (Å²) in [6.45, 7) is 2.31. The number of aromatic amines is 1. The van der Waals surface area contributed by atoms with Gasteiger partial charge in [-0.25, -0.2) is 4.79 Å². The van der Waals surface area contributed by atoms with Crippen LogP contribution in [0.4, 0.5) is 0 Å². The minimum Gasteiger partial charge on any atom is -0.461 e. The Balaban J connectivity index is 2.60. The van der Waals surface area contributed by atoms with E-state index in [1.807, 2.05) is 6.92 Å². The molecule has 0 atom stereocenters. The Morgan fingerprint density at radius 3 is 3.00 bits per heavy atom. The molecule has 0 amide bonds. The molecular weight excluding hydrogens is 170 g/mol. The van der Waals surface area contributed by atoms with Crippen LogP contribution in [-0.2, 0) is 4.74 Å². The van der Waals surface area contributed by atoms with E-state index >= 15 is 0 Å². The summed E-state index contributed by atoms with van der Waals surface area (Å²) in [5.74, 6) is -0.421. The normalized spacial score (nSPS) is 9.62. The second-order valence-electron chi connectivity index (χ2n) is 2.60. The standard InChI is InChI=1S/C9H11NO3/c1-2-3-13-9(12)8-4-7(6-11)5-10-8/h4-6,10H,2-3H2,1H3. The minimum atomic E-state index is -0.421. The van der Waals surface area contributed by atoms with Gasteiger partial charge < -0.3 is 9.72 Å². The van der Waals surface area contributed by atoms with E-state index in [0.29, 0.717) is 24.2 Å². The van der Waals surface area contributed by atoms with Gasteiger partial charge in [-0.2, -0.15) is 0 Å². The molecule has 13 heavy (non-hydrogen) atoms. The van der Waals surface area contributed by atoms with Gasteiger partial charge in [0.05, 0.1) is 6.61 Å². The van der Waals surface area contributed by atoms with Gasteiger partial charge in [0.25, 0.3) is 0 Å². The number of carbonyl (C=O) groups is 2. The number of ether oxygens (including phenoxy) is 1. The van der Waals surface area contributed by atoms with Crippen LogP contribution in [0.2, 0.25) is 0 Å². The van der Waals surface area contributed by atoms with Crippen molar-refractivity contribution in [3.8, 4) is 0 Å².